The van der Waals surface area contributed by atoms with Gasteiger partial charge in [-0.3, -0.25) is 4.90 Å². The van der Waals surface area contributed by atoms with Gasteiger partial charge in [-0.25, -0.2) is 0 Å². The highest BCUT2D eigenvalue weighted by molar-refractivity contribution is 5.37. The van der Waals surface area contributed by atoms with Gasteiger partial charge in [0.05, 0.1) is 6.61 Å². The van der Waals surface area contributed by atoms with Gasteiger partial charge in [0.1, 0.15) is 5.75 Å². The lowest BCUT2D eigenvalue weighted by molar-refractivity contribution is 0.0675. The Morgan fingerprint density at radius 3 is 2.67 bits per heavy atom. The van der Waals surface area contributed by atoms with Crippen LogP contribution >= 0.6 is 0 Å². The number of fused-ring (bicyclic) bond motifs is 1. The molecule has 1 atom stereocenters. The van der Waals surface area contributed by atoms with E-state index < -0.39 is 0 Å². The number of hydrogen-bond donors (Lipinski definition) is 1. The van der Waals surface area contributed by atoms with Gasteiger partial charge >= 0.3 is 0 Å². The molecule has 3 aliphatic rings. The largest absolute Gasteiger partial charge is 0.493 e. The number of rotatable bonds is 3. The Balaban J connectivity index is 1.35. The fourth-order valence-electron chi connectivity index (χ4n) is 3.76. The molecule has 4 nitrogen and oxygen atoms in total. The Morgan fingerprint density at radius 1 is 1.10 bits per heavy atom. The van der Waals surface area contributed by atoms with E-state index in [1.54, 1.807) is 0 Å². The second-order valence-corrected chi connectivity index (χ2v) is 6.52. The topological polar surface area (TPSA) is 27.7 Å². The van der Waals surface area contributed by atoms with Crippen molar-refractivity contribution in [3.8, 4) is 5.75 Å². The average Bonchev–Trinajstić information content (AvgIpc) is 2.48. The van der Waals surface area contributed by atoms with Gasteiger partial charge in [0.15, 0.2) is 0 Å². The third-order valence-electron chi connectivity index (χ3n) is 5.24. The van der Waals surface area contributed by atoms with Crippen LogP contribution in [0.25, 0.3) is 0 Å². The van der Waals surface area contributed by atoms with Crippen LogP contribution in [0.3, 0.4) is 0 Å². The first kappa shape index (κ1) is 13.6. The summed E-state index contributed by atoms with van der Waals surface area (Å²) in [6, 6.07) is 9.38. The first-order valence-electron chi connectivity index (χ1n) is 8.29. The molecule has 0 bridgehead atoms. The van der Waals surface area contributed by atoms with Crippen molar-refractivity contribution in [2.45, 2.75) is 18.4 Å². The summed E-state index contributed by atoms with van der Waals surface area (Å²) in [6.45, 7) is 9.34. The predicted molar refractivity (Wildman–Crippen MR) is 84.0 cm³/mol. The van der Waals surface area contributed by atoms with Crippen LogP contribution in [0.2, 0.25) is 0 Å². The van der Waals surface area contributed by atoms with Crippen LogP contribution in [0.15, 0.2) is 24.3 Å². The molecule has 0 aromatic heterocycles. The van der Waals surface area contributed by atoms with Crippen molar-refractivity contribution in [3.63, 3.8) is 0 Å². The number of piperazine rings is 1. The minimum atomic E-state index is 0.645. The zero-order valence-electron chi connectivity index (χ0n) is 12.6. The summed E-state index contributed by atoms with van der Waals surface area (Å²) in [5, 5.41) is 3.38. The normalized spacial score (nSPS) is 27.7. The lowest BCUT2D eigenvalue weighted by atomic mass is 9.92. The van der Waals surface area contributed by atoms with Crippen molar-refractivity contribution in [2.75, 3.05) is 52.4 Å². The van der Waals surface area contributed by atoms with E-state index in [2.05, 4.69) is 39.4 Å². The molecule has 0 radical (unpaired) electrons. The number of hydrogen-bond acceptors (Lipinski definition) is 4. The third kappa shape index (κ3) is 2.80. The molecule has 4 rings (SSSR count). The Morgan fingerprint density at radius 2 is 1.90 bits per heavy atom. The monoisotopic (exact) mass is 287 g/mol. The summed E-state index contributed by atoms with van der Waals surface area (Å²) in [5.74, 6) is 1.75. The Hall–Kier alpha value is -1.10. The van der Waals surface area contributed by atoms with Gasteiger partial charge in [0.25, 0.3) is 0 Å². The summed E-state index contributed by atoms with van der Waals surface area (Å²) >= 11 is 0. The van der Waals surface area contributed by atoms with Crippen LogP contribution in [0, 0.1) is 0 Å². The molecule has 3 aliphatic heterocycles. The Labute approximate surface area is 127 Å². The molecule has 114 valence electrons. The SMILES string of the molecule is c1ccc2c(c1)OCCC2CN1CCN(C2CNC2)CC1. The number of para-hydroxylation sites is 1. The van der Waals surface area contributed by atoms with Crippen molar-refractivity contribution in [2.24, 2.45) is 0 Å². The quantitative estimate of drug-likeness (QED) is 0.902. The van der Waals surface area contributed by atoms with Gasteiger partial charge in [-0.2, -0.15) is 0 Å². The van der Waals surface area contributed by atoms with E-state index in [9.17, 15) is 0 Å². The highest BCUT2D eigenvalue weighted by Crippen LogP contribution is 2.34. The van der Waals surface area contributed by atoms with Crippen molar-refractivity contribution in [3.05, 3.63) is 29.8 Å². The van der Waals surface area contributed by atoms with Gasteiger partial charge in [0, 0.05) is 57.8 Å². The number of benzene rings is 1. The molecule has 4 heteroatoms. The Bertz CT molecular complexity index is 481. The summed E-state index contributed by atoms with van der Waals surface area (Å²) < 4.78 is 5.78. The minimum Gasteiger partial charge on any atom is -0.493 e. The third-order valence-corrected chi connectivity index (χ3v) is 5.24. The van der Waals surface area contributed by atoms with Crippen LogP contribution in [0.1, 0.15) is 17.9 Å². The molecule has 0 spiro atoms. The maximum absolute atomic E-state index is 5.78. The molecule has 2 saturated heterocycles. The molecular weight excluding hydrogens is 262 g/mol. The van der Waals surface area contributed by atoms with Crippen molar-refractivity contribution >= 4 is 0 Å². The van der Waals surface area contributed by atoms with Gasteiger partial charge in [-0.05, 0) is 18.1 Å². The lowest BCUT2D eigenvalue weighted by Gasteiger charge is -2.44. The molecule has 3 heterocycles. The fraction of sp³-hybridized carbons (Fsp3) is 0.647. The molecule has 2 fully saturated rings. The number of nitrogens with zero attached hydrogens (tertiary/aromatic N) is 2. The summed E-state index contributed by atoms with van der Waals surface area (Å²) in [7, 11) is 0. The maximum Gasteiger partial charge on any atom is 0.122 e. The van der Waals surface area contributed by atoms with E-state index in [1.807, 2.05) is 0 Å². The van der Waals surface area contributed by atoms with E-state index in [0.29, 0.717) is 5.92 Å². The molecule has 1 unspecified atom stereocenters. The van der Waals surface area contributed by atoms with Crippen molar-refractivity contribution < 1.29 is 4.74 Å². The number of ether oxygens (including phenoxy) is 1. The first-order chi connectivity index (χ1) is 10.4. The second kappa shape index (κ2) is 5.95. The van der Waals surface area contributed by atoms with Crippen LogP contribution in [0.5, 0.6) is 5.75 Å². The maximum atomic E-state index is 5.78. The standard InChI is InChI=1S/C17H25N3O/c1-2-4-17-16(3-1)14(5-10-21-17)13-19-6-8-20(9-7-19)15-11-18-12-15/h1-4,14-15,18H,5-13H2. The smallest absolute Gasteiger partial charge is 0.122 e. The molecule has 1 N–H and O–H groups in total. The molecule has 21 heavy (non-hydrogen) atoms. The molecule has 0 amide bonds. The summed E-state index contributed by atoms with van der Waals surface area (Å²) in [4.78, 5) is 5.31. The average molecular weight is 287 g/mol. The summed E-state index contributed by atoms with van der Waals surface area (Å²) in [6.07, 6.45) is 1.16. The summed E-state index contributed by atoms with van der Waals surface area (Å²) in [5.41, 5.74) is 1.41. The number of nitrogens with one attached hydrogen (secondary N) is 1. The van der Waals surface area contributed by atoms with Crippen molar-refractivity contribution in [1.82, 2.24) is 15.1 Å². The van der Waals surface area contributed by atoms with E-state index in [-0.39, 0.29) is 0 Å². The van der Waals surface area contributed by atoms with Crippen LogP contribution in [0.4, 0.5) is 0 Å². The zero-order valence-corrected chi connectivity index (χ0v) is 12.6. The zero-order chi connectivity index (χ0) is 14.1. The Kier molecular flexibility index (Phi) is 3.84. The molecule has 0 aliphatic carbocycles. The van der Waals surface area contributed by atoms with Gasteiger partial charge in [0.2, 0.25) is 0 Å². The van der Waals surface area contributed by atoms with E-state index >= 15 is 0 Å². The van der Waals surface area contributed by atoms with Crippen molar-refractivity contribution in [1.29, 1.82) is 0 Å². The van der Waals surface area contributed by atoms with E-state index in [0.717, 1.165) is 24.8 Å². The highest BCUT2D eigenvalue weighted by Gasteiger charge is 2.29. The lowest BCUT2D eigenvalue weighted by Crippen LogP contribution is -2.61. The van der Waals surface area contributed by atoms with Crippen LogP contribution < -0.4 is 10.1 Å². The second-order valence-electron chi connectivity index (χ2n) is 6.52. The molecule has 0 saturated carbocycles. The van der Waals surface area contributed by atoms with Gasteiger partial charge in [-0.15, -0.1) is 0 Å². The van der Waals surface area contributed by atoms with Gasteiger partial charge < -0.3 is 15.0 Å². The molecule has 1 aromatic carbocycles. The van der Waals surface area contributed by atoms with Gasteiger partial charge in [-0.1, -0.05) is 18.2 Å². The van der Waals surface area contributed by atoms with Crippen LogP contribution in [-0.4, -0.2) is 68.3 Å². The predicted octanol–water partition coefficient (Wildman–Crippen LogP) is 1.14. The minimum absolute atomic E-state index is 0.645. The van der Waals surface area contributed by atoms with E-state index in [1.165, 1.54) is 51.4 Å². The molecule has 1 aromatic rings. The molecular formula is C17H25N3O. The fourth-order valence-corrected chi connectivity index (χ4v) is 3.76. The van der Waals surface area contributed by atoms with Crippen LogP contribution in [-0.2, 0) is 0 Å². The first-order valence-corrected chi connectivity index (χ1v) is 8.29. The highest BCUT2D eigenvalue weighted by atomic mass is 16.5. The van der Waals surface area contributed by atoms with E-state index in [4.69, 9.17) is 4.74 Å².